The van der Waals surface area contributed by atoms with Gasteiger partial charge in [-0.2, -0.15) is 12.6 Å². The first-order valence-corrected chi connectivity index (χ1v) is 15.6. The van der Waals surface area contributed by atoms with E-state index < -0.39 is 5.25 Å². The van der Waals surface area contributed by atoms with E-state index in [2.05, 4.69) is 42.7 Å². The fourth-order valence-electron chi connectivity index (χ4n) is 5.43. The van der Waals surface area contributed by atoms with Crippen LogP contribution in [0.1, 0.15) is 56.2 Å². The highest BCUT2D eigenvalue weighted by Crippen LogP contribution is 2.33. The second-order valence-electron chi connectivity index (χ2n) is 11.2. The van der Waals surface area contributed by atoms with Crippen LogP contribution < -0.4 is 10.2 Å². The molecule has 2 aliphatic heterocycles. The molecule has 9 heteroatoms. The Bertz CT molecular complexity index is 1330. The van der Waals surface area contributed by atoms with Crippen molar-refractivity contribution in [3.63, 3.8) is 0 Å². The van der Waals surface area contributed by atoms with Gasteiger partial charge in [0.25, 0.3) is 0 Å². The minimum atomic E-state index is -0.453. The summed E-state index contributed by atoms with van der Waals surface area (Å²) in [5.41, 5.74) is 5.43. The molecule has 0 aromatic heterocycles. The Hall–Kier alpha value is -3.04. The normalized spacial score (nSPS) is 18.2. The first-order valence-electron chi connectivity index (χ1n) is 14.1. The zero-order chi connectivity index (χ0) is 29.6. The van der Waals surface area contributed by atoms with Gasteiger partial charge in [0.15, 0.2) is 0 Å². The van der Waals surface area contributed by atoms with Crippen LogP contribution in [0, 0.1) is 0 Å². The summed E-state index contributed by atoms with van der Waals surface area (Å²) < 4.78 is -0.317. The molecule has 1 N–H and O–H groups in total. The van der Waals surface area contributed by atoms with E-state index in [0.29, 0.717) is 12.3 Å². The number of nitrogens with one attached hydrogen (secondary N) is 1. The number of benzene rings is 2. The van der Waals surface area contributed by atoms with Crippen LogP contribution in [-0.4, -0.2) is 57.4 Å². The molecule has 41 heavy (non-hydrogen) atoms. The number of hydrogen-bond acceptors (Lipinski definition) is 6. The van der Waals surface area contributed by atoms with Gasteiger partial charge < -0.3 is 10.2 Å². The van der Waals surface area contributed by atoms with Crippen molar-refractivity contribution in [1.29, 1.82) is 0 Å². The maximum absolute atomic E-state index is 13.4. The van der Waals surface area contributed by atoms with E-state index in [0.717, 1.165) is 41.6 Å². The quantitative estimate of drug-likeness (QED) is 0.224. The molecule has 1 fully saturated rings. The topological polar surface area (TPSA) is 86.8 Å². The van der Waals surface area contributed by atoms with E-state index in [-0.39, 0.29) is 60.7 Å². The Balaban J connectivity index is 1.26. The molecule has 7 nitrogen and oxygen atoms in total. The number of carbonyl (C=O) groups excluding carboxylic acids is 4. The number of amides is 4. The smallest absolute Gasteiger partial charge is 0.242 e. The monoisotopic (exact) mass is 593 g/mol. The molecule has 2 aliphatic rings. The van der Waals surface area contributed by atoms with E-state index in [1.54, 1.807) is 0 Å². The third-order valence-corrected chi connectivity index (χ3v) is 9.50. The number of hydrogen-bond donors (Lipinski definition) is 2. The summed E-state index contributed by atoms with van der Waals surface area (Å²) in [5, 5.41) is 2.34. The molecule has 0 bridgehead atoms. The minimum absolute atomic E-state index is 0.00290. The summed E-state index contributed by atoms with van der Waals surface area (Å²) in [6.45, 7) is 8.58. The second kappa shape index (κ2) is 13.7. The fourth-order valence-corrected chi connectivity index (χ4v) is 7.12. The number of imide groups is 1. The van der Waals surface area contributed by atoms with Crippen molar-refractivity contribution in [2.24, 2.45) is 0 Å². The molecule has 2 atom stereocenters. The van der Waals surface area contributed by atoms with Gasteiger partial charge in [-0.15, -0.1) is 18.3 Å². The highest BCUT2D eigenvalue weighted by atomic mass is 32.2. The number of anilines is 1. The van der Waals surface area contributed by atoms with Crippen molar-refractivity contribution in [3.05, 3.63) is 77.4 Å². The van der Waals surface area contributed by atoms with Crippen molar-refractivity contribution in [2.45, 2.75) is 68.9 Å². The zero-order valence-corrected chi connectivity index (χ0v) is 25.6. The average molecular weight is 594 g/mol. The van der Waals surface area contributed by atoms with E-state index in [1.165, 1.54) is 22.2 Å². The standard InChI is InChI=1S/C32H39N3O4S2/c1-22(2)19-32(3,40)21-41-27-18-30(38)34(31(27)39)17-15-28(36)33-16-14-29(37)35-20-25-10-5-4-8-23(25)12-13-24-9-6-7-11-26(24)35/h4-11,27,40H,1,12-21H2,2-3H3,(H,33,36). The van der Waals surface area contributed by atoms with Gasteiger partial charge in [0.05, 0.1) is 11.8 Å². The molecule has 4 amide bonds. The van der Waals surface area contributed by atoms with Crippen molar-refractivity contribution in [3.8, 4) is 0 Å². The van der Waals surface area contributed by atoms with Gasteiger partial charge >= 0.3 is 0 Å². The van der Waals surface area contributed by atoms with Crippen LogP contribution in [0.3, 0.4) is 0 Å². The largest absolute Gasteiger partial charge is 0.356 e. The van der Waals surface area contributed by atoms with Gasteiger partial charge in [0, 0.05) is 48.5 Å². The number of thiol groups is 1. The van der Waals surface area contributed by atoms with Crippen molar-refractivity contribution < 1.29 is 19.2 Å². The van der Waals surface area contributed by atoms with Crippen LogP contribution >= 0.6 is 24.4 Å². The maximum Gasteiger partial charge on any atom is 0.242 e. The Morgan fingerprint density at radius 1 is 1.05 bits per heavy atom. The number of nitrogens with zero attached hydrogens (tertiary/aromatic N) is 2. The molecule has 2 aromatic rings. The lowest BCUT2D eigenvalue weighted by Crippen LogP contribution is -2.38. The number of likely N-dealkylation sites (tertiary alicyclic amines) is 1. The Morgan fingerprint density at radius 3 is 2.44 bits per heavy atom. The molecular weight excluding hydrogens is 555 g/mol. The van der Waals surface area contributed by atoms with Crippen molar-refractivity contribution in [2.75, 3.05) is 23.7 Å². The zero-order valence-electron chi connectivity index (χ0n) is 23.9. The van der Waals surface area contributed by atoms with Gasteiger partial charge in [-0.25, -0.2) is 0 Å². The summed E-state index contributed by atoms with van der Waals surface area (Å²) in [6, 6.07) is 16.2. The van der Waals surface area contributed by atoms with Crippen LogP contribution in [0.4, 0.5) is 5.69 Å². The van der Waals surface area contributed by atoms with Crippen molar-refractivity contribution >= 4 is 53.7 Å². The minimum Gasteiger partial charge on any atom is -0.356 e. The summed E-state index contributed by atoms with van der Waals surface area (Å²) in [5.74, 6) is -0.257. The number of aryl methyl sites for hydroxylation is 2. The van der Waals surface area contributed by atoms with Crippen molar-refractivity contribution in [1.82, 2.24) is 10.2 Å². The van der Waals surface area contributed by atoms with Crippen LogP contribution in [0.2, 0.25) is 0 Å². The van der Waals surface area contributed by atoms with E-state index in [1.807, 2.05) is 49.1 Å². The lowest BCUT2D eigenvalue weighted by Gasteiger charge is -2.29. The van der Waals surface area contributed by atoms with Gasteiger partial charge in [0.1, 0.15) is 0 Å². The lowest BCUT2D eigenvalue weighted by molar-refractivity contribution is -0.138. The number of carbonyl (C=O) groups is 4. The molecule has 0 saturated carbocycles. The Labute approximate surface area is 252 Å². The number of rotatable bonds is 11. The summed E-state index contributed by atoms with van der Waals surface area (Å²) in [4.78, 5) is 54.3. The first kappa shape index (κ1) is 30.9. The number of allylic oxidation sites excluding steroid dienone is 1. The average Bonchev–Trinajstić information content (AvgIpc) is 3.18. The predicted octanol–water partition coefficient (Wildman–Crippen LogP) is 4.73. The van der Waals surface area contributed by atoms with Gasteiger partial charge in [0.2, 0.25) is 23.6 Å². The Kier molecular flexibility index (Phi) is 10.4. The molecule has 1 saturated heterocycles. The second-order valence-corrected chi connectivity index (χ2v) is 13.5. The highest BCUT2D eigenvalue weighted by Gasteiger charge is 2.39. The molecule has 2 unspecified atom stereocenters. The van der Waals surface area contributed by atoms with Gasteiger partial charge in [-0.05, 0) is 55.9 Å². The third-order valence-electron chi connectivity index (χ3n) is 7.40. The third kappa shape index (κ3) is 8.26. The molecule has 218 valence electrons. The summed E-state index contributed by atoms with van der Waals surface area (Å²) >= 11 is 6.12. The summed E-state index contributed by atoms with van der Waals surface area (Å²) in [6.07, 6.45) is 2.79. The van der Waals surface area contributed by atoms with Crippen LogP contribution in [-0.2, 0) is 38.6 Å². The van der Waals surface area contributed by atoms with Crippen LogP contribution in [0.5, 0.6) is 0 Å². The fraction of sp³-hybridized carbons (Fsp3) is 0.438. The van der Waals surface area contributed by atoms with E-state index in [9.17, 15) is 19.2 Å². The maximum atomic E-state index is 13.4. The molecule has 4 rings (SSSR count). The lowest BCUT2D eigenvalue weighted by atomic mass is 9.95. The summed E-state index contributed by atoms with van der Waals surface area (Å²) in [7, 11) is 0. The van der Waals surface area contributed by atoms with E-state index >= 15 is 0 Å². The highest BCUT2D eigenvalue weighted by molar-refractivity contribution is 8.01. The molecule has 2 heterocycles. The molecule has 0 aliphatic carbocycles. The van der Waals surface area contributed by atoms with Gasteiger partial charge in [-0.3, -0.25) is 24.1 Å². The Morgan fingerprint density at radius 2 is 1.71 bits per heavy atom. The SMILES string of the molecule is C=C(C)CC(C)(S)CSC1CC(=O)N(CCC(=O)NCCC(=O)N2Cc3ccccc3CCc3ccccc32)C1=O. The van der Waals surface area contributed by atoms with Gasteiger partial charge in [-0.1, -0.05) is 48.0 Å². The first-order chi connectivity index (χ1) is 19.5. The number of thioether (sulfide) groups is 1. The molecule has 0 radical (unpaired) electrons. The van der Waals surface area contributed by atoms with Crippen LogP contribution in [0.15, 0.2) is 60.7 Å². The number of fused-ring (bicyclic) bond motifs is 2. The molecule has 2 aromatic carbocycles. The van der Waals surface area contributed by atoms with Crippen LogP contribution in [0.25, 0.3) is 0 Å². The number of para-hydroxylation sites is 1. The molecule has 0 spiro atoms. The predicted molar refractivity (Wildman–Crippen MR) is 168 cm³/mol. The van der Waals surface area contributed by atoms with E-state index in [4.69, 9.17) is 0 Å². The molecular formula is C32H39N3O4S2.